The molecule has 0 fully saturated rings. The molecule has 21 heavy (non-hydrogen) atoms. The quantitative estimate of drug-likeness (QED) is 0.852. The zero-order valence-electron chi connectivity index (χ0n) is 11.8. The van der Waals surface area contributed by atoms with E-state index >= 15 is 0 Å². The maximum absolute atomic E-state index is 12.1. The number of carbonyl (C=O) groups excluding carboxylic acids is 1. The first-order chi connectivity index (χ1) is 10.1. The van der Waals surface area contributed by atoms with Gasteiger partial charge >= 0.3 is 0 Å². The van der Waals surface area contributed by atoms with Crippen molar-refractivity contribution in [2.45, 2.75) is 20.3 Å². The lowest BCUT2D eigenvalue weighted by atomic mass is 10.1. The number of aryl methyl sites for hydroxylation is 2. The summed E-state index contributed by atoms with van der Waals surface area (Å²) in [7, 11) is 0. The first-order valence-electron chi connectivity index (χ1n) is 6.42. The predicted octanol–water partition coefficient (Wildman–Crippen LogP) is 2.14. The van der Waals surface area contributed by atoms with E-state index < -0.39 is 0 Å². The number of nitrogens with zero attached hydrogens (tertiary/aromatic N) is 2. The minimum absolute atomic E-state index is 0.0580. The van der Waals surface area contributed by atoms with Gasteiger partial charge in [-0.3, -0.25) is 4.79 Å². The molecule has 1 aromatic carbocycles. The highest BCUT2D eigenvalue weighted by atomic mass is 32.1. The molecule has 2 N–H and O–H groups in total. The molecule has 0 aliphatic carbocycles. The van der Waals surface area contributed by atoms with Gasteiger partial charge in [-0.05, 0) is 49.1 Å². The fourth-order valence-electron chi connectivity index (χ4n) is 1.72. The Kier molecular flexibility index (Phi) is 5.04. The Morgan fingerprint density at radius 1 is 1.43 bits per heavy atom. The number of aliphatic hydroxyl groups excluding tert-OH is 1. The topological polar surface area (TPSA) is 75.1 Å². The number of hydrogen-bond acceptors (Lipinski definition) is 5. The van der Waals surface area contributed by atoms with Crippen LogP contribution in [0.2, 0.25) is 0 Å². The summed E-state index contributed by atoms with van der Waals surface area (Å²) in [4.78, 5) is 12.6. The molecule has 0 saturated carbocycles. The fraction of sp³-hybridized carbons (Fsp3) is 0.267. The molecule has 0 aliphatic rings. The summed E-state index contributed by atoms with van der Waals surface area (Å²) in [6, 6.07) is 5.52. The monoisotopic (exact) mass is 301 g/mol. The SMILES string of the molecule is Cc1cc(NC(=O)c2snnc2C)ccc1C#CCCO. The van der Waals surface area contributed by atoms with Crippen molar-refractivity contribution in [3.63, 3.8) is 0 Å². The van der Waals surface area contributed by atoms with Crippen molar-refractivity contribution in [3.05, 3.63) is 39.9 Å². The molecule has 0 spiro atoms. The predicted molar refractivity (Wildman–Crippen MR) is 82.4 cm³/mol. The second-order valence-electron chi connectivity index (χ2n) is 4.45. The Bertz CT molecular complexity index is 713. The maximum Gasteiger partial charge on any atom is 0.269 e. The average Bonchev–Trinajstić information content (AvgIpc) is 2.88. The standard InChI is InChI=1S/C15H15N3O2S/c1-10-9-13(7-6-12(10)5-3-4-8-19)16-15(20)14-11(2)17-18-21-14/h6-7,9,19H,4,8H2,1-2H3,(H,16,20). The van der Waals surface area contributed by atoms with Crippen LogP contribution in [0.25, 0.3) is 0 Å². The van der Waals surface area contributed by atoms with Crippen LogP contribution in [0.15, 0.2) is 18.2 Å². The zero-order chi connectivity index (χ0) is 15.2. The van der Waals surface area contributed by atoms with Gasteiger partial charge in [0, 0.05) is 17.7 Å². The average molecular weight is 301 g/mol. The highest BCUT2D eigenvalue weighted by molar-refractivity contribution is 7.08. The van der Waals surface area contributed by atoms with E-state index in [1.807, 2.05) is 19.1 Å². The lowest BCUT2D eigenvalue weighted by Crippen LogP contribution is -2.11. The number of rotatable bonds is 3. The molecule has 6 heteroatoms. The summed E-state index contributed by atoms with van der Waals surface area (Å²) in [6.07, 6.45) is 0.454. The molecule has 2 rings (SSSR count). The van der Waals surface area contributed by atoms with Crippen molar-refractivity contribution in [2.75, 3.05) is 11.9 Å². The Hall–Kier alpha value is -2.23. The van der Waals surface area contributed by atoms with Crippen LogP contribution in [0.1, 0.15) is 32.9 Å². The van der Waals surface area contributed by atoms with Crippen LogP contribution < -0.4 is 5.32 Å². The van der Waals surface area contributed by atoms with E-state index in [-0.39, 0.29) is 12.5 Å². The first kappa shape index (κ1) is 15.2. The molecule has 1 amide bonds. The molecule has 1 aromatic heterocycles. The van der Waals surface area contributed by atoms with Crippen LogP contribution in [-0.4, -0.2) is 27.2 Å². The van der Waals surface area contributed by atoms with Crippen molar-refractivity contribution in [3.8, 4) is 11.8 Å². The first-order valence-corrected chi connectivity index (χ1v) is 7.20. The van der Waals surface area contributed by atoms with Crippen molar-refractivity contribution in [1.82, 2.24) is 9.59 Å². The molecular weight excluding hydrogens is 286 g/mol. The van der Waals surface area contributed by atoms with Gasteiger partial charge in [0.25, 0.3) is 5.91 Å². The van der Waals surface area contributed by atoms with Crippen LogP contribution in [0.4, 0.5) is 5.69 Å². The van der Waals surface area contributed by atoms with Gasteiger partial charge in [0.1, 0.15) is 4.88 Å². The molecule has 2 aromatic rings. The molecule has 108 valence electrons. The number of carbonyl (C=O) groups is 1. The van der Waals surface area contributed by atoms with Gasteiger partial charge in [0.2, 0.25) is 0 Å². The number of aliphatic hydroxyl groups is 1. The number of benzene rings is 1. The minimum atomic E-state index is -0.207. The van der Waals surface area contributed by atoms with E-state index in [9.17, 15) is 4.79 Å². The molecule has 0 radical (unpaired) electrons. The van der Waals surface area contributed by atoms with E-state index in [1.165, 1.54) is 0 Å². The van der Waals surface area contributed by atoms with E-state index in [4.69, 9.17) is 5.11 Å². The minimum Gasteiger partial charge on any atom is -0.395 e. The van der Waals surface area contributed by atoms with E-state index in [0.717, 1.165) is 22.7 Å². The largest absolute Gasteiger partial charge is 0.395 e. The molecule has 0 atom stereocenters. The Labute approximate surface area is 127 Å². The van der Waals surface area contributed by atoms with Crippen LogP contribution >= 0.6 is 11.5 Å². The second-order valence-corrected chi connectivity index (χ2v) is 5.20. The Balaban J connectivity index is 2.12. The lowest BCUT2D eigenvalue weighted by Gasteiger charge is -2.06. The van der Waals surface area contributed by atoms with Crippen molar-refractivity contribution >= 4 is 23.1 Å². The summed E-state index contributed by atoms with van der Waals surface area (Å²) >= 11 is 1.08. The third-order valence-corrected chi connectivity index (χ3v) is 3.63. The lowest BCUT2D eigenvalue weighted by molar-refractivity contribution is 0.103. The summed E-state index contributed by atoms with van der Waals surface area (Å²) < 4.78 is 3.75. The van der Waals surface area contributed by atoms with E-state index in [2.05, 4.69) is 26.7 Å². The van der Waals surface area contributed by atoms with Crippen molar-refractivity contribution in [2.24, 2.45) is 0 Å². The van der Waals surface area contributed by atoms with E-state index in [0.29, 0.717) is 22.7 Å². The molecule has 5 nitrogen and oxygen atoms in total. The normalized spacial score (nSPS) is 9.86. The maximum atomic E-state index is 12.1. The number of anilines is 1. The van der Waals surface area contributed by atoms with Gasteiger partial charge in [-0.25, -0.2) is 0 Å². The molecule has 0 saturated heterocycles. The number of nitrogens with one attached hydrogen (secondary N) is 1. The van der Waals surface area contributed by atoms with E-state index in [1.54, 1.807) is 13.0 Å². The van der Waals surface area contributed by atoms with Gasteiger partial charge < -0.3 is 10.4 Å². The van der Waals surface area contributed by atoms with Crippen molar-refractivity contribution < 1.29 is 9.90 Å². The number of amides is 1. The van der Waals surface area contributed by atoms with Gasteiger partial charge in [-0.2, -0.15) is 0 Å². The smallest absolute Gasteiger partial charge is 0.269 e. The van der Waals surface area contributed by atoms with Gasteiger partial charge in [0.05, 0.1) is 12.3 Å². The van der Waals surface area contributed by atoms with Crippen LogP contribution in [-0.2, 0) is 0 Å². The summed E-state index contributed by atoms with van der Waals surface area (Å²) in [5.74, 6) is 5.66. The van der Waals surface area contributed by atoms with Gasteiger partial charge in [-0.15, -0.1) is 5.10 Å². The molecule has 1 heterocycles. The van der Waals surface area contributed by atoms with Gasteiger partial charge in [-0.1, -0.05) is 16.3 Å². The molecule has 0 bridgehead atoms. The van der Waals surface area contributed by atoms with Crippen LogP contribution in [0, 0.1) is 25.7 Å². The summed E-state index contributed by atoms with van der Waals surface area (Å²) in [6.45, 7) is 3.74. The molecular formula is C15H15N3O2S. The van der Waals surface area contributed by atoms with Crippen LogP contribution in [0.3, 0.4) is 0 Å². The third kappa shape index (κ3) is 3.88. The highest BCUT2D eigenvalue weighted by Gasteiger charge is 2.13. The fourth-order valence-corrected chi connectivity index (χ4v) is 2.27. The van der Waals surface area contributed by atoms with Gasteiger partial charge in [0.15, 0.2) is 0 Å². The van der Waals surface area contributed by atoms with Crippen LogP contribution in [0.5, 0.6) is 0 Å². The Morgan fingerprint density at radius 3 is 2.86 bits per heavy atom. The Morgan fingerprint density at radius 2 is 2.24 bits per heavy atom. The molecule has 0 unspecified atom stereocenters. The second kappa shape index (κ2) is 6.97. The number of hydrogen-bond donors (Lipinski definition) is 2. The zero-order valence-corrected chi connectivity index (χ0v) is 12.6. The highest BCUT2D eigenvalue weighted by Crippen LogP contribution is 2.17. The number of aromatic nitrogens is 2. The molecule has 0 aliphatic heterocycles. The van der Waals surface area contributed by atoms with Crippen molar-refractivity contribution in [1.29, 1.82) is 0 Å². The summed E-state index contributed by atoms with van der Waals surface area (Å²) in [5.41, 5.74) is 3.19. The summed E-state index contributed by atoms with van der Waals surface area (Å²) in [5, 5.41) is 15.4. The third-order valence-electron chi connectivity index (χ3n) is 2.80.